The molecule has 0 radical (unpaired) electrons. The largest absolute Gasteiger partial charge is 0.463 e. The molecule has 35 atom stereocenters. The van der Waals surface area contributed by atoms with Crippen molar-refractivity contribution in [3.8, 4) is 0 Å². The quantitative estimate of drug-likeness (QED) is 0.0425. The van der Waals surface area contributed by atoms with Gasteiger partial charge >= 0.3 is 47.8 Å². The molecule has 0 bridgehead atoms. The van der Waals surface area contributed by atoms with Crippen molar-refractivity contribution in [1.29, 1.82) is 0 Å². The van der Waals surface area contributed by atoms with E-state index in [0.29, 0.717) is 0 Å². The highest BCUT2D eigenvalue weighted by molar-refractivity contribution is 6.21. The van der Waals surface area contributed by atoms with Crippen LogP contribution in [0.4, 0.5) is 0 Å². The average molecular weight is 1800 g/mol. The SMILES string of the molecule is COCC1O[C@@H](O[C@H]2C(OC)C(OC)[C@H](O[C@H]3C(OC)C(OC)[C@H](O[C@@H]4C(COC(C)=O)O[C@@H](O)C(OC)[C@H]4OC)O[C@H]3COC)O[C@H]2COC)C(OC)[C@@H](OC)[C@@H]1O[C@H]1OC(CN2C(=O)c3ccccc3C2=O)[C@@H](O[C@@H]2O[C@@H](COC(C)=O)[C@@H](O[C@H]3O[C@@H](COC(C)=O)[C@H](OC(C)=O)C(OC(C)=O)C3OC(C)=O)C(OC(C)=O)C2OC(C)=O)[C@H](OC)C1OC. The zero-order valence-corrected chi connectivity index (χ0v) is 73.3. The monoisotopic (exact) mass is 1800 g/mol. The molecule has 8 aliphatic rings. The Morgan fingerprint density at radius 3 is 0.776 bits per heavy atom. The molecule has 1 aromatic rings. The highest BCUT2D eigenvalue weighted by atomic mass is 16.8. The topological polar surface area (TPSA) is 508 Å². The summed E-state index contributed by atoms with van der Waals surface area (Å²) < 4.78 is 211. The molecule has 14 unspecified atom stereocenters. The predicted molar refractivity (Wildman–Crippen MR) is 405 cm³/mol. The maximum Gasteiger partial charge on any atom is 0.303 e. The third-order valence-corrected chi connectivity index (χ3v) is 21.7. The van der Waals surface area contributed by atoms with E-state index in [0.717, 1.165) is 53.4 Å². The number of amides is 2. The number of nitrogens with zero attached hydrogens (tertiary/aromatic N) is 1. The Morgan fingerprint density at radius 2 is 0.496 bits per heavy atom. The third-order valence-electron chi connectivity index (χ3n) is 21.7. The van der Waals surface area contributed by atoms with E-state index in [4.69, 9.17) is 161 Å². The summed E-state index contributed by atoms with van der Waals surface area (Å²) in [7, 11) is 17.8. The molecular formula is C79H117NO45. The van der Waals surface area contributed by atoms with Gasteiger partial charge in [0.25, 0.3) is 11.8 Å². The Balaban J connectivity index is 1.03. The summed E-state index contributed by atoms with van der Waals surface area (Å²) in [6, 6.07) is 5.99. The van der Waals surface area contributed by atoms with Crippen LogP contribution in [0.5, 0.6) is 0 Å². The Bertz CT molecular complexity index is 3660. The summed E-state index contributed by atoms with van der Waals surface area (Å²) in [5, 5.41) is 11.0. The molecular weight excluding hydrogens is 1680 g/mol. The Morgan fingerprint density at radius 1 is 0.272 bits per heavy atom. The van der Waals surface area contributed by atoms with Gasteiger partial charge in [-0.05, 0) is 12.1 Å². The molecule has 0 spiro atoms. The van der Waals surface area contributed by atoms with Crippen molar-refractivity contribution in [2.75, 3.05) is 139 Å². The van der Waals surface area contributed by atoms with Gasteiger partial charge in [0.2, 0.25) is 0 Å². The summed E-state index contributed by atoms with van der Waals surface area (Å²) in [6.07, 6.45) is -51.1. The van der Waals surface area contributed by atoms with Crippen LogP contribution >= 0.6 is 0 Å². The number of esters is 8. The first-order valence-electron chi connectivity index (χ1n) is 39.9. The average Bonchev–Trinajstić information content (AvgIpc) is 1.64. The molecule has 46 heteroatoms. The molecule has 9 rings (SSSR count). The number of carbonyl (C=O) groups is 10. The van der Waals surface area contributed by atoms with Crippen LogP contribution in [0.2, 0.25) is 0 Å². The van der Waals surface area contributed by atoms with Crippen LogP contribution < -0.4 is 0 Å². The van der Waals surface area contributed by atoms with Crippen LogP contribution in [0.25, 0.3) is 0 Å². The van der Waals surface area contributed by atoms with E-state index in [-0.39, 0.29) is 37.6 Å². The minimum atomic E-state index is -2.07. The van der Waals surface area contributed by atoms with E-state index < -0.39 is 294 Å². The van der Waals surface area contributed by atoms with E-state index in [2.05, 4.69) is 0 Å². The molecule has 1 N–H and O–H groups in total. The van der Waals surface area contributed by atoms with E-state index in [1.807, 2.05) is 0 Å². The summed E-state index contributed by atoms with van der Waals surface area (Å²) in [5.74, 6) is -9.09. The molecule has 0 saturated carbocycles. The zero-order chi connectivity index (χ0) is 91.5. The van der Waals surface area contributed by atoms with Crippen molar-refractivity contribution in [3.05, 3.63) is 35.4 Å². The summed E-state index contributed by atoms with van der Waals surface area (Å²) >= 11 is 0. The number of benzene rings is 1. The van der Waals surface area contributed by atoms with Crippen molar-refractivity contribution in [3.63, 3.8) is 0 Å². The fraction of sp³-hybridized carbons (Fsp3) is 0.797. The number of hydrogen-bond donors (Lipinski definition) is 1. The van der Waals surface area contributed by atoms with Gasteiger partial charge in [-0.3, -0.25) is 52.8 Å². The molecule has 2 amide bonds. The zero-order valence-electron chi connectivity index (χ0n) is 73.3. The lowest BCUT2D eigenvalue weighted by molar-refractivity contribution is -0.402. The standard InChI is InChI=1S/C79H117NO45/c1-33(81)105-30-47-54(57(95-12)64(100-17)73(91)113-47)124-77-68(104-21)61(99-16)53(46(117-77)29-94-11)123-76-67(103-20)60(98-15)52(45(116-76)28-93-10)122-75-66(102-19)59(97-14)51(44(115-75)27-92-9)121-74-65(101-18)58(96-13)50(43(114-74)26-80-71(89)41-24-22-23-25-42(41)72(80)90)120-78-70(112-40(8)88)63(110-38(6)86)56(49(119-78)32-107-35(3)83)125-79-69(111-39(7)87)62(109-37(5)85)55(108-36(4)84)48(118-79)31-106-34(2)82/h22-25,43-70,73-79,91H,26-32H2,1-21H3/t43?,44?,45-,46-,47?,48-,49-,50+,51+,52+,53+,54+,55-,56+,57-,58-,59-,60?,61?,62?,63?,64?,65?,66?,67?,68?,69?,70?,73+,74+,75-,76-,77-,78-,79+/m0/s1. The maximum atomic E-state index is 14.6. The maximum absolute atomic E-state index is 14.6. The number of hydrogen-bond acceptors (Lipinski definition) is 45. The van der Waals surface area contributed by atoms with Crippen LogP contribution in [-0.4, -0.2) is 423 Å². The van der Waals surface area contributed by atoms with Crippen molar-refractivity contribution >= 4 is 59.6 Å². The molecule has 0 aromatic heterocycles. The lowest BCUT2D eigenvalue weighted by Crippen LogP contribution is -2.70. The first-order valence-corrected chi connectivity index (χ1v) is 39.9. The number of rotatable bonds is 41. The van der Waals surface area contributed by atoms with Crippen LogP contribution in [0.1, 0.15) is 76.1 Å². The van der Waals surface area contributed by atoms with Crippen molar-refractivity contribution in [1.82, 2.24) is 4.90 Å². The van der Waals surface area contributed by atoms with Crippen molar-refractivity contribution in [2.24, 2.45) is 0 Å². The summed E-state index contributed by atoms with van der Waals surface area (Å²) in [6.45, 7) is 4.99. The molecule has 7 fully saturated rings. The Hall–Kier alpha value is -6.96. The number of methoxy groups -OCH3 is 13. The normalized spacial score (nSPS) is 37.8. The molecule has 125 heavy (non-hydrogen) atoms. The van der Waals surface area contributed by atoms with Crippen molar-refractivity contribution in [2.45, 2.75) is 270 Å². The molecule has 8 heterocycles. The molecule has 1 aromatic carbocycles. The summed E-state index contributed by atoms with van der Waals surface area (Å²) in [4.78, 5) is 133. The van der Waals surface area contributed by atoms with Gasteiger partial charge < -0.3 is 166 Å². The highest BCUT2D eigenvalue weighted by Gasteiger charge is 2.63. The van der Waals surface area contributed by atoms with E-state index in [1.165, 1.54) is 111 Å². The molecule has 708 valence electrons. The van der Waals surface area contributed by atoms with Gasteiger partial charge in [0, 0.05) is 148 Å². The Labute approximate surface area is 720 Å². The molecule has 7 saturated heterocycles. The van der Waals surface area contributed by atoms with Crippen LogP contribution in [0.15, 0.2) is 24.3 Å². The number of ether oxygens (including phenoxy) is 34. The van der Waals surface area contributed by atoms with Gasteiger partial charge in [-0.1, -0.05) is 12.1 Å². The first kappa shape index (κ1) is 102. The van der Waals surface area contributed by atoms with E-state index >= 15 is 0 Å². The predicted octanol–water partition coefficient (Wildman–Crippen LogP) is -1.90. The number of aliphatic hydroxyl groups is 1. The second-order valence-electron chi connectivity index (χ2n) is 29.8. The lowest BCUT2D eigenvalue weighted by Gasteiger charge is -2.52. The lowest BCUT2D eigenvalue weighted by atomic mass is 9.94. The number of imide groups is 1. The second kappa shape index (κ2) is 47.6. The number of carbonyl (C=O) groups excluding carboxylic acids is 10. The minimum absolute atomic E-state index is 0.0197. The second-order valence-corrected chi connectivity index (χ2v) is 29.8. The van der Waals surface area contributed by atoms with Gasteiger partial charge in [0.15, 0.2) is 74.6 Å². The van der Waals surface area contributed by atoms with E-state index in [1.54, 1.807) is 12.1 Å². The smallest absolute Gasteiger partial charge is 0.303 e. The highest BCUT2D eigenvalue weighted by Crippen LogP contribution is 2.44. The van der Waals surface area contributed by atoms with Crippen LogP contribution in [0, 0.1) is 0 Å². The number of fused-ring (bicyclic) bond motifs is 1. The van der Waals surface area contributed by atoms with Gasteiger partial charge in [-0.2, -0.15) is 0 Å². The van der Waals surface area contributed by atoms with Gasteiger partial charge in [-0.15, -0.1) is 0 Å². The van der Waals surface area contributed by atoms with Gasteiger partial charge in [0.1, 0.15) is 160 Å². The van der Waals surface area contributed by atoms with Gasteiger partial charge in [-0.25, -0.2) is 0 Å². The molecule has 46 nitrogen and oxygen atoms in total. The van der Waals surface area contributed by atoms with Crippen LogP contribution in [-0.2, 0) is 199 Å². The van der Waals surface area contributed by atoms with Crippen molar-refractivity contribution < 1.29 is 214 Å². The number of aliphatic hydroxyl groups excluding tert-OH is 1. The molecule has 0 aliphatic carbocycles. The van der Waals surface area contributed by atoms with E-state index in [9.17, 15) is 53.1 Å². The Kier molecular flexibility index (Phi) is 38.7. The summed E-state index contributed by atoms with van der Waals surface area (Å²) in [5.41, 5.74) is 0.0393. The fourth-order valence-corrected chi connectivity index (χ4v) is 16.6. The van der Waals surface area contributed by atoms with Gasteiger partial charge in [0.05, 0.1) is 37.5 Å². The van der Waals surface area contributed by atoms with Crippen LogP contribution in [0.3, 0.4) is 0 Å². The third kappa shape index (κ3) is 24.4. The fourth-order valence-electron chi connectivity index (χ4n) is 16.6. The first-order chi connectivity index (χ1) is 59.7. The minimum Gasteiger partial charge on any atom is -0.463 e. The molecule has 8 aliphatic heterocycles.